The number of benzene rings is 3. The molecule has 0 aliphatic heterocycles. The summed E-state index contributed by atoms with van der Waals surface area (Å²) >= 11 is 0. The molecule has 3 N–H and O–H groups in total. The van der Waals surface area contributed by atoms with Crippen LogP contribution in [0.1, 0.15) is 209 Å². The number of hydrogen-bond acceptors (Lipinski definition) is 3. The Morgan fingerprint density at radius 1 is 0.451 bits per heavy atom. The van der Waals surface area contributed by atoms with Crippen LogP contribution >= 0.6 is 0 Å². The molecule has 0 saturated carbocycles. The monoisotopic (exact) mass is 701 g/mol. The molecule has 286 valence electrons. The van der Waals surface area contributed by atoms with Crippen LogP contribution in [0, 0.1) is 20.8 Å². The first-order valence-corrected chi connectivity index (χ1v) is 20.1. The Bertz CT molecular complexity index is 1460. The Balaban J connectivity index is 0.000000705. The summed E-state index contributed by atoms with van der Waals surface area (Å²) in [6, 6.07) is 12.3. The molecule has 0 heterocycles. The standard InChI is InChI=1S/C37H52O3.C11H24/c1-21(25-18-29(35(5,6)7)32(38)15-22(25)2)14-28(26-19-30(36(8,9)10)33(39)16-23(26)3)27-20-31(37(11,12)13)34(40)17-24(27)4;1-3-5-7-9-11-10-8-6-4-2/h15-21,28,38-40H,14H2,1-13H3;3-11H2,1-2H3. The zero-order valence-corrected chi connectivity index (χ0v) is 35.5. The first kappa shape index (κ1) is 44.2. The number of aryl methyl sites for hydroxylation is 3. The fourth-order valence-corrected chi connectivity index (χ4v) is 7.50. The van der Waals surface area contributed by atoms with Crippen LogP contribution in [-0.2, 0) is 16.2 Å². The molecule has 0 aliphatic rings. The first-order chi connectivity index (χ1) is 23.5. The number of phenolic OH excluding ortho intramolecular Hbond substituents is 3. The maximum absolute atomic E-state index is 10.9. The van der Waals surface area contributed by atoms with Crippen molar-refractivity contribution in [1.82, 2.24) is 0 Å². The Hall–Kier alpha value is -2.94. The van der Waals surface area contributed by atoms with E-state index in [2.05, 4.69) is 122 Å². The van der Waals surface area contributed by atoms with Crippen molar-refractivity contribution in [2.24, 2.45) is 0 Å². The molecule has 3 rings (SSSR count). The molecular weight excluding hydrogens is 625 g/mol. The van der Waals surface area contributed by atoms with E-state index in [0.29, 0.717) is 17.2 Å². The second kappa shape index (κ2) is 18.7. The fraction of sp³-hybridized carbons (Fsp3) is 0.625. The van der Waals surface area contributed by atoms with Gasteiger partial charge >= 0.3 is 0 Å². The molecule has 0 spiro atoms. The lowest BCUT2D eigenvalue weighted by atomic mass is 9.74. The number of phenols is 3. The maximum atomic E-state index is 10.9. The predicted octanol–water partition coefficient (Wildman–Crippen LogP) is 14.5. The van der Waals surface area contributed by atoms with E-state index in [1.807, 2.05) is 18.2 Å². The average Bonchev–Trinajstić information content (AvgIpc) is 2.98. The molecule has 3 nitrogen and oxygen atoms in total. The van der Waals surface area contributed by atoms with E-state index in [1.54, 1.807) is 0 Å². The predicted molar refractivity (Wildman–Crippen MR) is 222 cm³/mol. The molecular formula is C48H76O3. The summed E-state index contributed by atoms with van der Waals surface area (Å²) < 4.78 is 0. The lowest BCUT2D eigenvalue weighted by Gasteiger charge is -2.31. The third-order valence-electron chi connectivity index (χ3n) is 10.7. The van der Waals surface area contributed by atoms with Gasteiger partial charge in [0.15, 0.2) is 0 Å². The van der Waals surface area contributed by atoms with Gasteiger partial charge in [-0.05, 0) is 118 Å². The highest BCUT2D eigenvalue weighted by Crippen LogP contribution is 2.45. The smallest absolute Gasteiger partial charge is 0.119 e. The minimum Gasteiger partial charge on any atom is -0.508 e. The Morgan fingerprint density at radius 2 is 0.725 bits per heavy atom. The topological polar surface area (TPSA) is 60.7 Å². The zero-order valence-electron chi connectivity index (χ0n) is 35.5. The van der Waals surface area contributed by atoms with Gasteiger partial charge in [-0.2, -0.15) is 0 Å². The van der Waals surface area contributed by atoms with Gasteiger partial charge < -0.3 is 15.3 Å². The van der Waals surface area contributed by atoms with Crippen molar-refractivity contribution in [1.29, 1.82) is 0 Å². The van der Waals surface area contributed by atoms with Gasteiger partial charge in [-0.25, -0.2) is 0 Å². The van der Waals surface area contributed by atoms with Crippen LogP contribution in [0.5, 0.6) is 17.2 Å². The van der Waals surface area contributed by atoms with Crippen molar-refractivity contribution >= 4 is 0 Å². The highest BCUT2D eigenvalue weighted by molar-refractivity contribution is 5.53. The van der Waals surface area contributed by atoms with Gasteiger partial charge in [-0.1, -0.05) is 159 Å². The molecule has 0 amide bonds. The molecule has 0 saturated heterocycles. The third-order valence-corrected chi connectivity index (χ3v) is 10.7. The number of aromatic hydroxyl groups is 3. The summed E-state index contributed by atoms with van der Waals surface area (Å²) in [5.41, 5.74) is 9.11. The molecule has 0 aliphatic carbocycles. The van der Waals surface area contributed by atoms with Crippen molar-refractivity contribution in [3.63, 3.8) is 0 Å². The Labute approximate surface area is 314 Å². The summed E-state index contributed by atoms with van der Waals surface area (Å²) in [5.74, 6) is 1.27. The van der Waals surface area contributed by atoms with Crippen LogP contribution in [0.3, 0.4) is 0 Å². The van der Waals surface area contributed by atoms with Crippen molar-refractivity contribution in [2.75, 3.05) is 0 Å². The van der Waals surface area contributed by atoms with E-state index in [-0.39, 0.29) is 28.1 Å². The van der Waals surface area contributed by atoms with Crippen LogP contribution in [0.4, 0.5) is 0 Å². The van der Waals surface area contributed by atoms with E-state index in [1.165, 1.54) is 74.5 Å². The normalized spacial score (nSPS) is 12.9. The SMILES string of the molecule is CCCCCCCCCCC.Cc1cc(O)c(C(C)(C)C)cc1C(C)CC(c1cc(C(C)(C)C)c(O)cc1C)c1cc(C(C)(C)C)c(O)cc1C. The summed E-state index contributed by atoms with van der Waals surface area (Å²) in [5, 5.41) is 32.6. The van der Waals surface area contributed by atoms with E-state index in [0.717, 1.165) is 39.8 Å². The molecule has 51 heavy (non-hydrogen) atoms. The Kier molecular flexibility index (Phi) is 16.2. The van der Waals surface area contributed by atoms with Crippen molar-refractivity contribution < 1.29 is 15.3 Å². The van der Waals surface area contributed by atoms with Crippen molar-refractivity contribution in [2.45, 2.75) is 196 Å². The van der Waals surface area contributed by atoms with E-state index < -0.39 is 0 Å². The lowest BCUT2D eigenvalue weighted by molar-refractivity contribution is 0.444. The van der Waals surface area contributed by atoms with Crippen LogP contribution in [0.25, 0.3) is 0 Å². The van der Waals surface area contributed by atoms with Crippen LogP contribution in [0.2, 0.25) is 0 Å². The molecule has 0 fully saturated rings. The third kappa shape index (κ3) is 12.6. The highest BCUT2D eigenvalue weighted by atomic mass is 16.3. The Morgan fingerprint density at radius 3 is 1.02 bits per heavy atom. The highest BCUT2D eigenvalue weighted by Gasteiger charge is 2.30. The summed E-state index contributed by atoms with van der Waals surface area (Å²) in [7, 11) is 0. The summed E-state index contributed by atoms with van der Waals surface area (Å²) in [6.07, 6.45) is 13.8. The van der Waals surface area contributed by atoms with E-state index in [4.69, 9.17) is 0 Å². The molecule has 1 unspecified atom stereocenters. The average molecular weight is 701 g/mol. The molecule has 3 aromatic carbocycles. The molecule has 0 aromatic heterocycles. The molecule has 0 radical (unpaired) electrons. The van der Waals surface area contributed by atoms with Crippen LogP contribution in [-0.4, -0.2) is 15.3 Å². The molecule has 0 bridgehead atoms. The van der Waals surface area contributed by atoms with Crippen LogP contribution in [0.15, 0.2) is 36.4 Å². The summed E-state index contributed by atoms with van der Waals surface area (Å²) in [4.78, 5) is 0. The molecule has 3 heteroatoms. The van der Waals surface area contributed by atoms with Gasteiger partial charge in [0.25, 0.3) is 0 Å². The fourth-order valence-electron chi connectivity index (χ4n) is 7.50. The van der Waals surface area contributed by atoms with Gasteiger partial charge in [-0.3, -0.25) is 0 Å². The minimum atomic E-state index is -0.210. The lowest BCUT2D eigenvalue weighted by Crippen LogP contribution is -2.17. The minimum absolute atomic E-state index is 0.0460. The molecule has 3 aromatic rings. The van der Waals surface area contributed by atoms with Gasteiger partial charge in [0.05, 0.1) is 0 Å². The van der Waals surface area contributed by atoms with Crippen molar-refractivity contribution in [3.8, 4) is 17.2 Å². The molecule has 1 atom stereocenters. The van der Waals surface area contributed by atoms with E-state index >= 15 is 0 Å². The second-order valence-electron chi connectivity index (χ2n) is 18.6. The van der Waals surface area contributed by atoms with Gasteiger partial charge in [0.2, 0.25) is 0 Å². The van der Waals surface area contributed by atoms with E-state index in [9.17, 15) is 15.3 Å². The number of hydrogen-bond donors (Lipinski definition) is 3. The quantitative estimate of drug-likeness (QED) is 0.156. The maximum Gasteiger partial charge on any atom is 0.119 e. The largest absolute Gasteiger partial charge is 0.508 e. The summed E-state index contributed by atoms with van der Waals surface area (Å²) in [6.45, 7) is 32.3. The first-order valence-electron chi connectivity index (χ1n) is 20.1. The number of unbranched alkanes of at least 4 members (excludes halogenated alkanes) is 8. The number of rotatable bonds is 13. The second-order valence-corrected chi connectivity index (χ2v) is 18.6. The van der Waals surface area contributed by atoms with Crippen LogP contribution < -0.4 is 0 Å². The van der Waals surface area contributed by atoms with Gasteiger partial charge in [-0.15, -0.1) is 0 Å². The van der Waals surface area contributed by atoms with Crippen molar-refractivity contribution in [3.05, 3.63) is 86.5 Å². The van der Waals surface area contributed by atoms with Gasteiger partial charge in [0, 0.05) is 5.92 Å². The van der Waals surface area contributed by atoms with Gasteiger partial charge in [0.1, 0.15) is 17.2 Å². The zero-order chi connectivity index (χ0) is 38.9.